The fraction of sp³-hybridized carbons (Fsp3) is 0.429. The van der Waals surface area contributed by atoms with Crippen LogP contribution in [-0.2, 0) is 0 Å². The lowest BCUT2D eigenvalue weighted by Crippen LogP contribution is -2.52. The SMILES string of the molecule is CN(C)C(=O)N1CCN(C(=O)c2cc(N)cc(N)c2)CC1. The zero-order valence-electron chi connectivity index (χ0n) is 12.4. The van der Waals surface area contributed by atoms with Crippen molar-refractivity contribution in [2.24, 2.45) is 0 Å². The number of piperazine rings is 1. The number of amides is 3. The predicted octanol–water partition coefficient (Wildman–Crippen LogP) is 0.290. The van der Waals surface area contributed by atoms with E-state index in [1.807, 2.05) is 0 Å². The molecule has 0 spiro atoms. The highest BCUT2D eigenvalue weighted by Gasteiger charge is 2.25. The molecule has 1 fully saturated rings. The van der Waals surface area contributed by atoms with Crippen LogP contribution in [0, 0.1) is 0 Å². The van der Waals surface area contributed by atoms with Crippen LogP contribution in [0.3, 0.4) is 0 Å². The van der Waals surface area contributed by atoms with E-state index in [4.69, 9.17) is 11.5 Å². The van der Waals surface area contributed by atoms with Crippen molar-refractivity contribution in [1.29, 1.82) is 0 Å². The number of carbonyl (C=O) groups is 2. The number of hydrogen-bond donors (Lipinski definition) is 2. The van der Waals surface area contributed by atoms with E-state index >= 15 is 0 Å². The third-order valence-electron chi connectivity index (χ3n) is 3.44. The second-order valence-corrected chi connectivity index (χ2v) is 5.34. The van der Waals surface area contributed by atoms with Crippen molar-refractivity contribution in [3.8, 4) is 0 Å². The van der Waals surface area contributed by atoms with Crippen LogP contribution in [0.1, 0.15) is 10.4 Å². The maximum atomic E-state index is 12.4. The average molecular weight is 291 g/mol. The van der Waals surface area contributed by atoms with Gasteiger partial charge in [-0.3, -0.25) is 4.79 Å². The van der Waals surface area contributed by atoms with Crippen LogP contribution in [0.15, 0.2) is 18.2 Å². The van der Waals surface area contributed by atoms with Gasteiger partial charge in [0.25, 0.3) is 5.91 Å². The second-order valence-electron chi connectivity index (χ2n) is 5.34. The molecule has 2 rings (SSSR count). The number of rotatable bonds is 1. The molecule has 1 aromatic carbocycles. The van der Waals surface area contributed by atoms with Crippen LogP contribution in [0.4, 0.5) is 16.2 Å². The maximum absolute atomic E-state index is 12.4. The quantitative estimate of drug-likeness (QED) is 0.727. The van der Waals surface area contributed by atoms with Gasteiger partial charge in [0.15, 0.2) is 0 Å². The van der Waals surface area contributed by atoms with Gasteiger partial charge in [-0.05, 0) is 18.2 Å². The fourth-order valence-electron chi connectivity index (χ4n) is 2.37. The molecule has 0 aromatic heterocycles. The number of hydrogen-bond acceptors (Lipinski definition) is 4. The molecule has 0 atom stereocenters. The summed E-state index contributed by atoms with van der Waals surface area (Å²) in [6, 6.07) is 4.83. The molecule has 1 aliphatic heterocycles. The Labute approximate surface area is 124 Å². The number of nitrogens with zero attached hydrogens (tertiary/aromatic N) is 3. The Morgan fingerprint density at radius 2 is 1.43 bits per heavy atom. The van der Waals surface area contributed by atoms with E-state index in [1.165, 1.54) is 4.90 Å². The Bertz CT molecular complexity index is 530. The molecule has 4 N–H and O–H groups in total. The molecule has 1 aromatic rings. The van der Waals surface area contributed by atoms with Crippen LogP contribution in [0.25, 0.3) is 0 Å². The number of carbonyl (C=O) groups excluding carboxylic acids is 2. The summed E-state index contributed by atoms with van der Waals surface area (Å²) in [5, 5.41) is 0. The van der Waals surface area contributed by atoms with Gasteiger partial charge in [0, 0.05) is 57.2 Å². The van der Waals surface area contributed by atoms with Crippen molar-refractivity contribution < 1.29 is 9.59 Å². The summed E-state index contributed by atoms with van der Waals surface area (Å²) in [4.78, 5) is 29.3. The van der Waals surface area contributed by atoms with E-state index in [9.17, 15) is 9.59 Å². The first-order valence-corrected chi connectivity index (χ1v) is 6.80. The number of anilines is 2. The lowest BCUT2D eigenvalue weighted by molar-refractivity contribution is 0.0650. The van der Waals surface area contributed by atoms with Gasteiger partial charge in [-0.15, -0.1) is 0 Å². The zero-order valence-corrected chi connectivity index (χ0v) is 12.4. The van der Waals surface area contributed by atoms with Crippen molar-refractivity contribution in [2.75, 3.05) is 51.7 Å². The van der Waals surface area contributed by atoms with Gasteiger partial charge in [-0.2, -0.15) is 0 Å². The summed E-state index contributed by atoms with van der Waals surface area (Å²) >= 11 is 0. The van der Waals surface area contributed by atoms with Crippen LogP contribution >= 0.6 is 0 Å². The number of benzene rings is 1. The lowest BCUT2D eigenvalue weighted by atomic mass is 10.1. The molecule has 0 saturated carbocycles. The average Bonchev–Trinajstić information content (AvgIpc) is 2.44. The van der Waals surface area contributed by atoms with E-state index in [1.54, 1.807) is 42.1 Å². The van der Waals surface area contributed by atoms with Crippen LogP contribution in [0.5, 0.6) is 0 Å². The monoisotopic (exact) mass is 291 g/mol. The largest absolute Gasteiger partial charge is 0.399 e. The zero-order chi connectivity index (χ0) is 15.6. The number of nitrogen functional groups attached to an aromatic ring is 2. The smallest absolute Gasteiger partial charge is 0.319 e. The van der Waals surface area contributed by atoms with Crippen molar-refractivity contribution in [3.05, 3.63) is 23.8 Å². The van der Waals surface area contributed by atoms with Gasteiger partial charge < -0.3 is 26.2 Å². The highest BCUT2D eigenvalue weighted by atomic mass is 16.2. The first-order valence-electron chi connectivity index (χ1n) is 6.80. The summed E-state index contributed by atoms with van der Waals surface area (Å²) in [6.45, 7) is 2.07. The molecule has 0 bridgehead atoms. The maximum Gasteiger partial charge on any atom is 0.319 e. The van der Waals surface area contributed by atoms with E-state index in [0.29, 0.717) is 43.1 Å². The van der Waals surface area contributed by atoms with Gasteiger partial charge in [0.05, 0.1) is 0 Å². The highest BCUT2D eigenvalue weighted by Crippen LogP contribution is 2.16. The van der Waals surface area contributed by atoms with Crippen LogP contribution in [0.2, 0.25) is 0 Å². The van der Waals surface area contributed by atoms with Crippen molar-refractivity contribution in [2.45, 2.75) is 0 Å². The van der Waals surface area contributed by atoms with E-state index in [0.717, 1.165) is 0 Å². The van der Waals surface area contributed by atoms with Gasteiger partial charge in [0.2, 0.25) is 0 Å². The van der Waals surface area contributed by atoms with Crippen molar-refractivity contribution in [1.82, 2.24) is 14.7 Å². The molecule has 0 aliphatic carbocycles. The standard InChI is InChI=1S/C14H21N5O2/c1-17(2)14(21)19-5-3-18(4-6-19)13(20)10-7-11(15)9-12(16)8-10/h7-9H,3-6,15-16H2,1-2H3. The number of urea groups is 1. The fourth-order valence-corrected chi connectivity index (χ4v) is 2.37. The normalized spacial score (nSPS) is 15.0. The first kappa shape index (κ1) is 15.0. The molecule has 1 heterocycles. The molecule has 0 radical (unpaired) electrons. The van der Waals surface area contributed by atoms with Gasteiger partial charge >= 0.3 is 6.03 Å². The van der Waals surface area contributed by atoms with Crippen molar-refractivity contribution >= 4 is 23.3 Å². The first-order chi connectivity index (χ1) is 9.88. The highest BCUT2D eigenvalue weighted by molar-refractivity contribution is 5.96. The molecule has 21 heavy (non-hydrogen) atoms. The third-order valence-corrected chi connectivity index (χ3v) is 3.44. The summed E-state index contributed by atoms with van der Waals surface area (Å²) in [6.07, 6.45) is 0. The summed E-state index contributed by atoms with van der Waals surface area (Å²) < 4.78 is 0. The molecule has 7 nitrogen and oxygen atoms in total. The Hall–Kier alpha value is -2.44. The molecule has 1 aliphatic rings. The van der Waals surface area contributed by atoms with Gasteiger partial charge in [-0.25, -0.2) is 4.79 Å². The summed E-state index contributed by atoms with van der Waals surface area (Å²) in [5.74, 6) is -0.106. The molecule has 7 heteroatoms. The molecule has 0 unspecified atom stereocenters. The van der Waals surface area contributed by atoms with E-state index in [-0.39, 0.29) is 11.9 Å². The molecule has 1 saturated heterocycles. The van der Waals surface area contributed by atoms with Gasteiger partial charge in [-0.1, -0.05) is 0 Å². The summed E-state index contributed by atoms with van der Waals surface area (Å²) in [5.41, 5.74) is 12.9. The van der Waals surface area contributed by atoms with Gasteiger partial charge in [0.1, 0.15) is 0 Å². The van der Waals surface area contributed by atoms with E-state index in [2.05, 4.69) is 0 Å². The minimum absolute atomic E-state index is 0.0321. The minimum atomic E-state index is -0.106. The minimum Gasteiger partial charge on any atom is -0.399 e. The Kier molecular flexibility index (Phi) is 4.21. The lowest BCUT2D eigenvalue weighted by Gasteiger charge is -2.36. The Balaban J connectivity index is 2.02. The third kappa shape index (κ3) is 3.36. The Morgan fingerprint density at radius 1 is 0.952 bits per heavy atom. The Morgan fingerprint density at radius 3 is 1.90 bits per heavy atom. The second kappa shape index (κ2) is 5.90. The molecule has 114 valence electrons. The molecular weight excluding hydrogens is 270 g/mol. The topological polar surface area (TPSA) is 95.9 Å². The summed E-state index contributed by atoms with van der Waals surface area (Å²) in [7, 11) is 3.44. The predicted molar refractivity (Wildman–Crippen MR) is 81.8 cm³/mol. The van der Waals surface area contributed by atoms with Crippen LogP contribution < -0.4 is 11.5 Å². The molecule has 3 amide bonds. The van der Waals surface area contributed by atoms with Crippen molar-refractivity contribution in [3.63, 3.8) is 0 Å². The molecular formula is C14H21N5O2. The number of nitrogens with two attached hydrogens (primary N) is 2. The van der Waals surface area contributed by atoms with Crippen LogP contribution in [-0.4, -0.2) is 66.9 Å². The van der Waals surface area contributed by atoms with E-state index < -0.39 is 0 Å².